The van der Waals surface area contributed by atoms with Crippen molar-refractivity contribution in [1.82, 2.24) is 4.98 Å². The summed E-state index contributed by atoms with van der Waals surface area (Å²) >= 11 is 0. The molecule has 1 aromatic heterocycles. The number of anilines is 1. The molecular formula is C10H12N2O3. The van der Waals surface area contributed by atoms with E-state index in [0.717, 1.165) is 0 Å². The molecule has 0 aliphatic rings. The second-order valence-corrected chi connectivity index (χ2v) is 3.04. The summed E-state index contributed by atoms with van der Waals surface area (Å²) in [6, 6.07) is 1.57. The lowest BCUT2D eigenvalue weighted by Gasteiger charge is -1.99. The normalized spacial score (nSPS) is 10.5. The van der Waals surface area contributed by atoms with Crippen LogP contribution in [-0.2, 0) is 4.79 Å². The third kappa shape index (κ3) is 2.70. The molecule has 3 N–H and O–H groups in total. The molecule has 0 aromatic carbocycles. The molecule has 5 heteroatoms. The van der Waals surface area contributed by atoms with E-state index in [1.807, 2.05) is 0 Å². The number of amides is 1. The summed E-state index contributed by atoms with van der Waals surface area (Å²) in [4.78, 5) is 24.6. The highest BCUT2D eigenvalue weighted by Gasteiger charge is 2.13. The van der Waals surface area contributed by atoms with Gasteiger partial charge in [0, 0.05) is 5.69 Å². The number of carboxylic acid groups (broad SMARTS) is 1. The Bertz CT molecular complexity index is 418. The molecule has 0 radical (unpaired) electrons. The maximum absolute atomic E-state index is 11.2. The smallest absolute Gasteiger partial charge is 0.354 e. The first-order chi connectivity index (χ1) is 7.04. The molecule has 1 rings (SSSR count). The molecule has 0 aliphatic carbocycles. The number of carboxylic acids is 1. The van der Waals surface area contributed by atoms with Gasteiger partial charge in [0.1, 0.15) is 5.69 Å². The van der Waals surface area contributed by atoms with E-state index in [9.17, 15) is 9.59 Å². The van der Waals surface area contributed by atoms with Crippen molar-refractivity contribution < 1.29 is 14.7 Å². The van der Waals surface area contributed by atoms with Gasteiger partial charge in [0.05, 0.1) is 5.69 Å². The predicted molar refractivity (Wildman–Crippen MR) is 55.9 cm³/mol. The SMILES string of the molecule is C/C=C/C(=O)Nc1cc(C)[nH]c1C(=O)O. The van der Waals surface area contributed by atoms with E-state index >= 15 is 0 Å². The minimum absolute atomic E-state index is 0.00893. The number of aromatic carboxylic acids is 1. The van der Waals surface area contributed by atoms with E-state index in [0.29, 0.717) is 5.69 Å². The second-order valence-electron chi connectivity index (χ2n) is 3.04. The number of rotatable bonds is 3. The molecule has 0 fully saturated rings. The van der Waals surface area contributed by atoms with Crippen LogP contribution >= 0.6 is 0 Å². The number of carbonyl (C=O) groups is 2. The van der Waals surface area contributed by atoms with Crippen molar-refractivity contribution in [3.63, 3.8) is 0 Å². The monoisotopic (exact) mass is 208 g/mol. The number of hydrogen-bond acceptors (Lipinski definition) is 2. The van der Waals surface area contributed by atoms with Gasteiger partial charge in [-0.3, -0.25) is 4.79 Å². The Morgan fingerprint density at radius 1 is 1.53 bits per heavy atom. The van der Waals surface area contributed by atoms with Crippen LogP contribution in [0.15, 0.2) is 18.2 Å². The average molecular weight is 208 g/mol. The molecule has 0 saturated heterocycles. The van der Waals surface area contributed by atoms with Gasteiger partial charge in [-0.25, -0.2) is 4.79 Å². The zero-order valence-corrected chi connectivity index (χ0v) is 8.50. The summed E-state index contributed by atoms with van der Waals surface area (Å²) in [7, 11) is 0. The number of aromatic nitrogens is 1. The minimum atomic E-state index is -1.10. The Balaban J connectivity index is 2.93. The molecule has 0 bridgehead atoms. The number of H-pyrrole nitrogens is 1. The van der Waals surface area contributed by atoms with Gasteiger partial charge in [-0.2, -0.15) is 0 Å². The standard InChI is InChI=1S/C10H12N2O3/c1-3-4-8(13)12-7-5-6(2)11-9(7)10(14)15/h3-5,11H,1-2H3,(H,12,13)(H,14,15)/b4-3+. The van der Waals surface area contributed by atoms with E-state index in [1.54, 1.807) is 26.0 Å². The molecule has 0 aliphatic heterocycles. The van der Waals surface area contributed by atoms with Crippen LogP contribution in [0.25, 0.3) is 0 Å². The highest BCUT2D eigenvalue weighted by Crippen LogP contribution is 2.16. The molecule has 1 aromatic rings. The van der Waals surface area contributed by atoms with Gasteiger partial charge in [-0.15, -0.1) is 0 Å². The van der Waals surface area contributed by atoms with Gasteiger partial charge in [-0.05, 0) is 26.0 Å². The number of aromatic amines is 1. The van der Waals surface area contributed by atoms with Crippen molar-refractivity contribution in [2.45, 2.75) is 13.8 Å². The minimum Gasteiger partial charge on any atom is -0.477 e. The van der Waals surface area contributed by atoms with Gasteiger partial charge >= 0.3 is 5.97 Å². The van der Waals surface area contributed by atoms with Gasteiger partial charge < -0.3 is 15.4 Å². The Kier molecular flexibility index (Phi) is 3.28. The number of hydrogen-bond donors (Lipinski definition) is 3. The first kappa shape index (κ1) is 11.0. The molecule has 5 nitrogen and oxygen atoms in total. The Morgan fingerprint density at radius 3 is 2.73 bits per heavy atom. The van der Waals surface area contributed by atoms with Crippen LogP contribution in [0.2, 0.25) is 0 Å². The number of allylic oxidation sites excluding steroid dienone is 1. The number of aryl methyl sites for hydroxylation is 1. The van der Waals surface area contributed by atoms with Crippen LogP contribution in [0.4, 0.5) is 5.69 Å². The van der Waals surface area contributed by atoms with E-state index in [-0.39, 0.29) is 17.3 Å². The quantitative estimate of drug-likeness (QED) is 0.659. The molecule has 80 valence electrons. The van der Waals surface area contributed by atoms with Gasteiger partial charge in [-0.1, -0.05) is 6.08 Å². The summed E-state index contributed by atoms with van der Waals surface area (Å²) in [6.07, 6.45) is 2.91. The molecule has 15 heavy (non-hydrogen) atoms. The summed E-state index contributed by atoms with van der Waals surface area (Å²) in [5.41, 5.74) is 0.955. The van der Waals surface area contributed by atoms with Crippen molar-refractivity contribution in [1.29, 1.82) is 0 Å². The highest BCUT2D eigenvalue weighted by molar-refractivity contribution is 6.03. The van der Waals surface area contributed by atoms with E-state index < -0.39 is 5.97 Å². The Morgan fingerprint density at radius 2 is 2.20 bits per heavy atom. The van der Waals surface area contributed by atoms with Crippen LogP contribution in [0.1, 0.15) is 23.1 Å². The largest absolute Gasteiger partial charge is 0.477 e. The van der Waals surface area contributed by atoms with Crippen molar-refractivity contribution in [3.8, 4) is 0 Å². The lowest BCUT2D eigenvalue weighted by atomic mass is 10.3. The van der Waals surface area contributed by atoms with E-state index in [4.69, 9.17) is 5.11 Å². The maximum atomic E-state index is 11.2. The predicted octanol–water partition coefficient (Wildman–Crippen LogP) is 1.54. The summed E-state index contributed by atoms with van der Waals surface area (Å²) in [6.45, 7) is 3.43. The molecule has 0 spiro atoms. The second kappa shape index (κ2) is 4.45. The number of carbonyl (C=O) groups excluding carboxylic acids is 1. The Hall–Kier alpha value is -2.04. The van der Waals surface area contributed by atoms with Gasteiger partial charge in [0.25, 0.3) is 0 Å². The summed E-state index contributed by atoms with van der Waals surface area (Å²) in [5, 5.41) is 11.3. The van der Waals surface area contributed by atoms with Crippen LogP contribution in [-0.4, -0.2) is 22.0 Å². The molecule has 1 heterocycles. The molecule has 1 amide bonds. The number of nitrogens with one attached hydrogen (secondary N) is 2. The fourth-order valence-electron chi connectivity index (χ4n) is 1.18. The topological polar surface area (TPSA) is 82.2 Å². The lowest BCUT2D eigenvalue weighted by molar-refractivity contribution is -0.111. The van der Waals surface area contributed by atoms with E-state index in [2.05, 4.69) is 10.3 Å². The first-order valence-corrected chi connectivity index (χ1v) is 4.41. The lowest BCUT2D eigenvalue weighted by Crippen LogP contribution is -2.10. The van der Waals surface area contributed by atoms with Crippen molar-refractivity contribution in [3.05, 3.63) is 29.6 Å². The third-order valence-electron chi connectivity index (χ3n) is 1.74. The highest BCUT2D eigenvalue weighted by atomic mass is 16.4. The fraction of sp³-hybridized carbons (Fsp3) is 0.200. The van der Waals surface area contributed by atoms with Crippen LogP contribution < -0.4 is 5.32 Å². The zero-order valence-electron chi connectivity index (χ0n) is 8.50. The molecule has 0 atom stereocenters. The summed E-state index contributed by atoms with van der Waals surface area (Å²) < 4.78 is 0. The third-order valence-corrected chi connectivity index (χ3v) is 1.74. The Labute approximate surface area is 86.8 Å². The van der Waals surface area contributed by atoms with Crippen molar-refractivity contribution >= 4 is 17.6 Å². The van der Waals surface area contributed by atoms with Crippen LogP contribution in [0.5, 0.6) is 0 Å². The summed E-state index contributed by atoms with van der Waals surface area (Å²) in [5.74, 6) is -1.45. The molecule has 0 saturated carbocycles. The van der Waals surface area contributed by atoms with Crippen molar-refractivity contribution in [2.24, 2.45) is 0 Å². The average Bonchev–Trinajstić information content (AvgIpc) is 2.47. The van der Waals surface area contributed by atoms with Crippen LogP contribution in [0.3, 0.4) is 0 Å². The first-order valence-electron chi connectivity index (χ1n) is 4.41. The molecule has 0 unspecified atom stereocenters. The van der Waals surface area contributed by atoms with Crippen LogP contribution in [0, 0.1) is 6.92 Å². The maximum Gasteiger partial charge on any atom is 0.354 e. The van der Waals surface area contributed by atoms with E-state index in [1.165, 1.54) is 6.08 Å². The van der Waals surface area contributed by atoms with Crippen molar-refractivity contribution in [2.75, 3.05) is 5.32 Å². The fourth-order valence-corrected chi connectivity index (χ4v) is 1.18. The van der Waals surface area contributed by atoms with Gasteiger partial charge in [0.2, 0.25) is 5.91 Å². The molecular weight excluding hydrogens is 196 g/mol. The van der Waals surface area contributed by atoms with Gasteiger partial charge in [0.15, 0.2) is 0 Å². The zero-order chi connectivity index (χ0) is 11.4.